The fraction of sp³-hybridized carbons (Fsp3) is 0.368. The normalized spacial score (nSPS) is 20.5. The molecule has 1 aromatic carbocycles. The van der Waals surface area contributed by atoms with E-state index in [1.165, 1.54) is 5.56 Å². The largest absolute Gasteiger partial charge is 0.327 e. The van der Waals surface area contributed by atoms with E-state index in [9.17, 15) is 9.59 Å². The number of hydrogen-bond donors (Lipinski definition) is 1. The van der Waals surface area contributed by atoms with Crippen LogP contribution in [0.4, 0.5) is 5.69 Å². The molecule has 4 rings (SSSR count). The smallest absolute Gasteiger partial charge is 0.313 e. The van der Waals surface area contributed by atoms with Crippen molar-refractivity contribution in [3.63, 3.8) is 0 Å². The third-order valence-corrected chi connectivity index (χ3v) is 8.70. The second-order valence-electron chi connectivity index (χ2n) is 6.33. The Balaban J connectivity index is 1.44. The Labute approximate surface area is 165 Å². The van der Waals surface area contributed by atoms with Gasteiger partial charge in [-0.1, -0.05) is 18.2 Å². The summed E-state index contributed by atoms with van der Waals surface area (Å²) in [6.07, 6.45) is 1.86. The summed E-state index contributed by atoms with van der Waals surface area (Å²) in [4.78, 5) is 28.1. The van der Waals surface area contributed by atoms with Gasteiger partial charge in [-0.15, -0.1) is 34.9 Å². The summed E-state index contributed by atoms with van der Waals surface area (Å²) < 4.78 is 0.421. The van der Waals surface area contributed by atoms with Gasteiger partial charge in [0.05, 0.1) is 10.6 Å². The molecule has 0 aliphatic carbocycles. The molecular weight excluding hydrogens is 384 g/mol. The minimum absolute atomic E-state index is 0.0332. The number of amides is 2. The average Bonchev–Trinajstić information content (AvgIpc) is 3.43. The summed E-state index contributed by atoms with van der Waals surface area (Å²) in [5.74, 6) is 1.33. The summed E-state index contributed by atoms with van der Waals surface area (Å²) in [7, 11) is 0. The molecule has 4 nitrogen and oxygen atoms in total. The molecule has 2 amide bonds. The van der Waals surface area contributed by atoms with Crippen molar-refractivity contribution in [2.45, 2.75) is 23.5 Å². The highest BCUT2D eigenvalue weighted by atomic mass is 32.2. The summed E-state index contributed by atoms with van der Waals surface area (Å²) in [5, 5.41) is 4.82. The van der Waals surface area contributed by atoms with Crippen molar-refractivity contribution >= 4 is 52.4 Å². The van der Waals surface area contributed by atoms with Gasteiger partial charge in [-0.25, -0.2) is 0 Å². The van der Waals surface area contributed by atoms with Crippen LogP contribution in [0.15, 0.2) is 41.8 Å². The highest BCUT2D eigenvalue weighted by Gasteiger charge is 2.34. The first kappa shape index (κ1) is 17.9. The predicted molar refractivity (Wildman–Crippen MR) is 111 cm³/mol. The van der Waals surface area contributed by atoms with Gasteiger partial charge in [0, 0.05) is 28.6 Å². The van der Waals surface area contributed by atoms with Gasteiger partial charge in [0.25, 0.3) is 0 Å². The summed E-state index contributed by atoms with van der Waals surface area (Å²) in [6.45, 7) is 0.643. The molecule has 1 N–H and O–H groups in total. The van der Waals surface area contributed by atoms with Crippen molar-refractivity contribution in [2.24, 2.45) is 0 Å². The maximum absolute atomic E-state index is 12.7. The molecule has 26 heavy (non-hydrogen) atoms. The molecule has 0 spiro atoms. The number of nitrogens with zero attached hydrogens (tertiary/aromatic N) is 1. The van der Waals surface area contributed by atoms with Crippen LogP contribution in [0, 0.1) is 0 Å². The van der Waals surface area contributed by atoms with Crippen LogP contribution in [0.25, 0.3) is 0 Å². The van der Waals surface area contributed by atoms with Gasteiger partial charge in [-0.2, -0.15) is 0 Å². The van der Waals surface area contributed by atoms with Crippen molar-refractivity contribution in [3.8, 4) is 0 Å². The van der Waals surface area contributed by atoms with E-state index in [-0.39, 0.29) is 6.04 Å². The second kappa shape index (κ2) is 8.06. The maximum Gasteiger partial charge on any atom is 0.313 e. The Kier molecular flexibility index (Phi) is 5.57. The van der Waals surface area contributed by atoms with Crippen molar-refractivity contribution in [1.29, 1.82) is 0 Å². The Morgan fingerprint density at radius 1 is 1.12 bits per heavy atom. The van der Waals surface area contributed by atoms with E-state index >= 15 is 0 Å². The first-order valence-electron chi connectivity index (χ1n) is 8.71. The van der Waals surface area contributed by atoms with Gasteiger partial charge in [0.2, 0.25) is 0 Å². The fourth-order valence-corrected chi connectivity index (χ4v) is 7.13. The summed E-state index contributed by atoms with van der Waals surface area (Å²) >= 11 is 5.49. The zero-order chi connectivity index (χ0) is 17.9. The molecule has 2 fully saturated rings. The van der Waals surface area contributed by atoms with Crippen molar-refractivity contribution in [2.75, 3.05) is 23.4 Å². The molecule has 0 radical (unpaired) electrons. The van der Waals surface area contributed by atoms with E-state index in [1.807, 2.05) is 59.2 Å². The molecule has 3 heterocycles. The fourth-order valence-electron chi connectivity index (χ4n) is 3.42. The number of hydrogen-bond acceptors (Lipinski definition) is 5. The van der Waals surface area contributed by atoms with Crippen molar-refractivity contribution in [1.82, 2.24) is 4.90 Å². The molecule has 2 aliphatic rings. The molecule has 2 aromatic rings. The van der Waals surface area contributed by atoms with E-state index in [0.717, 1.165) is 29.2 Å². The Hall–Kier alpha value is -1.44. The number of carbonyl (C=O) groups excluding carboxylic acids is 2. The lowest BCUT2D eigenvalue weighted by Crippen LogP contribution is -2.39. The first-order chi connectivity index (χ1) is 12.7. The van der Waals surface area contributed by atoms with Crippen LogP contribution in [-0.2, 0) is 9.59 Å². The molecular formula is C19H20N2O2S3. The van der Waals surface area contributed by atoms with E-state index in [1.54, 1.807) is 16.2 Å². The first-order valence-corrected chi connectivity index (χ1v) is 11.7. The van der Waals surface area contributed by atoms with Crippen LogP contribution < -0.4 is 5.32 Å². The highest BCUT2D eigenvalue weighted by Crippen LogP contribution is 2.45. The lowest BCUT2D eigenvalue weighted by molar-refractivity contribution is -0.143. The number of anilines is 1. The SMILES string of the molecule is O=C(Nc1cccc(C2SCCS2)c1)C(=O)N1CCCC1c1cccs1. The number of carbonyl (C=O) groups is 2. The minimum atomic E-state index is -0.544. The molecule has 1 aromatic heterocycles. The number of likely N-dealkylation sites (tertiary alicyclic amines) is 1. The lowest BCUT2D eigenvalue weighted by atomic mass is 10.2. The van der Waals surface area contributed by atoms with Crippen LogP contribution >= 0.6 is 34.9 Å². The zero-order valence-corrected chi connectivity index (χ0v) is 16.7. The Bertz CT molecular complexity index is 788. The topological polar surface area (TPSA) is 49.4 Å². The van der Waals surface area contributed by atoms with Gasteiger partial charge in [-0.05, 0) is 42.0 Å². The third-order valence-electron chi connectivity index (χ3n) is 4.62. The van der Waals surface area contributed by atoms with Gasteiger partial charge >= 0.3 is 11.8 Å². The molecule has 0 saturated carbocycles. The molecule has 1 atom stereocenters. The quantitative estimate of drug-likeness (QED) is 0.764. The standard InChI is InChI=1S/C19H20N2O2S3/c22-17(18(23)21-8-2-6-15(21)16-7-3-9-24-16)20-14-5-1-4-13(12-14)19-25-10-11-26-19/h1,3-5,7,9,12,15,19H,2,6,8,10-11H2,(H,20,22). The number of nitrogens with one attached hydrogen (secondary N) is 1. The summed E-state index contributed by atoms with van der Waals surface area (Å²) in [5.41, 5.74) is 1.89. The van der Waals surface area contributed by atoms with E-state index in [4.69, 9.17) is 0 Å². The van der Waals surface area contributed by atoms with Crippen LogP contribution in [0.3, 0.4) is 0 Å². The molecule has 7 heteroatoms. The van der Waals surface area contributed by atoms with Crippen LogP contribution in [0.2, 0.25) is 0 Å². The Morgan fingerprint density at radius 2 is 1.96 bits per heavy atom. The number of rotatable bonds is 3. The molecule has 136 valence electrons. The molecule has 0 bridgehead atoms. The van der Waals surface area contributed by atoms with Gasteiger partial charge in [0.1, 0.15) is 0 Å². The molecule has 2 aliphatic heterocycles. The highest BCUT2D eigenvalue weighted by molar-refractivity contribution is 8.19. The monoisotopic (exact) mass is 404 g/mol. The van der Waals surface area contributed by atoms with Crippen LogP contribution in [0.5, 0.6) is 0 Å². The predicted octanol–water partition coefficient (Wildman–Crippen LogP) is 4.53. The number of thiophene rings is 1. The van der Waals surface area contributed by atoms with E-state index < -0.39 is 11.8 Å². The van der Waals surface area contributed by atoms with Crippen LogP contribution in [-0.4, -0.2) is 34.8 Å². The molecule has 2 saturated heterocycles. The molecule has 1 unspecified atom stereocenters. The average molecular weight is 405 g/mol. The van der Waals surface area contributed by atoms with Crippen LogP contribution in [0.1, 0.15) is 33.9 Å². The van der Waals surface area contributed by atoms with Crippen molar-refractivity contribution < 1.29 is 9.59 Å². The lowest BCUT2D eigenvalue weighted by Gasteiger charge is -2.23. The minimum Gasteiger partial charge on any atom is -0.327 e. The maximum atomic E-state index is 12.7. The van der Waals surface area contributed by atoms with Gasteiger partial charge < -0.3 is 10.2 Å². The zero-order valence-electron chi connectivity index (χ0n) is 14.2. The number of benzene rings is 1. The third kappa shape index (κ3) is 3.80. The summed E-state index contributed by atoms with van der Waals surface area (Å²) in [6, 6.07) is 11.9. The van der Waals surface area contributed by atoms with Gasteiger partial charge in [0.15, 0.2) is 0 Å². The van der Waals surface area contributed by atoms with Crippen molar-refractivity contribution in [3.05, 3.63) is 52.2 Å². The van der Waals surface area contributed by atoms with Gasteiger partial charge in [-0.3, -0.25) is 9.59 Å². The van der Waals surface area contributed by atoms with E-state index in [0.29, 0.717) is 16.8 Å². The van der Waals surface area contributed by atoms with E-state index in [2.05, 4.69) is 11.4 Å². The second-order valence-corrected chi connectivity index (χ2v) is 10.0. The number of thioether (sulfide) groups is 2. The Morgan fingerprint density at radius 3 is 2.73 bits per heavy atom.